The number of carbonyl (C=O) groups excluding carboxylic acids is 1. The van der Waals surface area contributed by atoms with Crippen molar-refractivity contribution in [2.24, 2.45) is 23.7 Å². The van der Waals surface area contributed by atoms with Crippen LogP contribution in [-0.4, -0.2) is 11.4 Å². The Balaban J connectivity index is 0.000000188. The molecule has 2 nitrogen and oxygen atoms in total. The van der Waals surface area contributed by atoms with Gasteiger partial charge >= 0.3 is 0 Å². The van der Waals surface area contributed by atoms with Crippen molar-refractivity contribution in [1.29, 1.82) is 0 Å². The maximum absolute atomic E-state index is 15.0. The van der Waals surface area contributed by atoms with Crippen molar-refractivity contribution in [1.82, 2.24) is 0 Å². The van der Waals surface area contributed by atoms with Crippen molar-refractivity contribution < 1.29 is 18.7 Å². The molecule has 6 heteroatoms. The molecular formula is C44H52Br2F2O2. The van der Waals surface area contributed by atoms with Crippen LogP contribution in [0.2, 0.25) is 0 Å². The van der Waals surface area contributed by atoms with Crippen LogP contribution in [0.1, 0.15) is 103 Å². The molecule has 0 heterocycles. The molecule has 4 aromatic rings. The zero-order valence-electron chi connectivity index (χ0n) is 29.6. The summed E-state index contributed by atoms with van der Waals surface area (Å²) in [7, 11) is 0. The van der Waals surface area contributed by atoms with Gasteiger partial charge < -0.3 is 5.11 Å². The number of fused-ring (bicyclic) bond motifs is 2. The van der Waals surface area contributed by atoms with Gasteiger partial charge in [0.05, 0.1) is 0 Å². The Morgan fingerprint density at radius 3 is 1.82 bits per heavy atom. The van der Waals surface area contributed by atoms with Gasteiger partial charge in [-0.3, -0.25) is 4.79 Å². The molecule has 0 spiro atoms. The fourth-order valence-electron chi connectivity index (χ4n) is 7.73. The summed E-state index contributed by atoms with van der Waals surface area (Å²) < 4.78 is 29.6. The lowest BCUT2D eigenvalue weighted by Gasteiger charge is -2.32. The maximum atomic E-state index is 15.0. The first-order chi connectivity index (χ1) is 24.1. The van der Waals surface area contributed by atoms with Crippen LogP contribution in [0.4, 0.5) is 8.78 Å². The monoisotopic (exact) mass is 808 g/mol. The van der Waals surface area contributed by atoms with Crippen LogP contribution in [0.25, 0.3) is 21.5 Å². The van der Waals surface area contributed by atoms with E-state index >= 15 is 4.39 Å². The van der Waals surface area contributed by atoms with Crippen molar-refractivity contribution in [3.63, 3.8) is 0 Å². The Morgan fingerprint density at radius 2 is 1.28 bits per heavy atom. The van der Waals surface area contributed by atoms with Gasteiger partial charge in [0.15, 0.2) is 0 Å². The summed E-state index contributed by atoms with van der Waals surface area (Å²) in [6, 6.07) is 20.0. The number of carbonyl (C=O) groups is 1. The Labute approximate surface area is 314 Å². The SMILES string of the molecule is C=C(C1CCC(CCC)CC1)C(O)c1c(Br)cc2ccccc2c1F.C=C(C=O)C1CCC(CCC)CC1.Fc1cc(Br)cc2ccccc12. The molecule has 1 atom stereocenters. The molecule has 4 aromatic carbocycles. The highest BCUT2D eigenvalue weighted by Crippen LogP contribution is 2.42. The van der Waals surface area contributed by atoms with Gasteiger partial charge in [-0.05, 0) is 115 Å². The molecule has 0 radical (unpaired) electrons. The van der Waals surface area contributed by atoms with Crippen molar-refractivity contribution in [3.8, 4) is 0 Å². The highest BCUT2D eigenvalue weighted by atomic mass is 79.9. The molecule has 2 fully saturated rings. The molecule has 2 aliphatic carbocycles. The average Bonchev–Trinajstić information content (AvgIpc) is 3.12. The van der Waals surface area contributed by atoms with Gasteiger partial charge in [0, 0.05) is 25.3 Å². The van der Waals surface area contributed by atoms with E-state index in [2.05, 4.69) is 58.9 Å². The summed E-state index contributed by atoms with van der Waals surface area (Å²) in [6.45, 7) is 12.4. The van der Waals surface area contributed by atoms with E-state index < -0.39 is 6.10 Å². The molecule has 2 aliphatic rings. The molecule has 0 saturated heterocycles. The van der Waals surface area contributed by atoms with Gasteiger partial charge in [0.2, 0.25) is 0 Å². The Bertz CT molecular complexity index is 1740. The number of aldehydes is 1. The first-order valence-corrected chi connectivity index (χ1v) is 19.9. The van der Waals surface area contributed by atoms with E-state index in [9.17, 15) is 14.3 Å². The highest BCUT2D eigenvalue weighted by Gasteiger charge is 2.29. The Hall–Kier alpha value is -2.67. The second kappa shape index (κ2) is 19.8. The standard InChI is InChI=1S/C22H26BrFO.C12H20O.C10H6BrF/c1-3-6-15-9-11-16(12-10-15)14(2)22(25)20-19(23)13-17-7-4-5-8-18(17)21(20)24;1-3-4-11-5-7-12(8-6-11)10(2)9-13;11-8-5-7-3-1-2-4-9(7)10(12)6-8/h4-5,7-8,13,15-16,22,25H,2-3,6,9-12H2,1H3;9,11-12H,2-8H2,1H3;1-6H. The van der Waals surface area contributed by atoms with Crippen LogP contribution in [0.5, 0.6) is 0 Å². The summed E-state index contributed by atoms with van der Waals surface area (Å²) in [5.74, 6) is 1.96. The van der Waals surface area contributed by atoms with E-state index in [-0.39, 0.29) is 17.6 Å². The topological polar surface area (TPSA) is 37.3 Å². The zero-order valence-corrected chi connectivity index (χ0v) is 32.8. The van der Waals surface area contributed by atoms with Gasteiger partial charge in [-0.25, -0.2) is 8.78 Å². The quantitative estimate of drug-likeness (QED) is 0.104. The minimum absolute atomic E-state index is 0.181. The smallest absolute Gasteiger partial charge is 0.145 e. The molecule has 0 bridgehead atoms. The van der Waals surface area contributed by atoms with E-state index in [1.165, 1.54) is 70.3 Å². The number of halogens is 4. The largest absolute Gasteiger partial charge is 0.384 e. The number of allylic oxidation sites excluding steroid dienone is 1. The third kappa shape index (κ3) is 10.7. The van der Waals surface area contributed by atoms with E-state index in [0.29, 0.717) is 26.7 Å². The molecular weight excluding hydrogens is 758 g/mol. The highest BCUT2D eigenvalue weighted by molar-refractivity contribution is 9.10. The number of aliphatic hydroxyl groups is 1. The van der Waals surface area contributed by atoms with Crippen LogP contribution in [0, 0.1) is 35.3 Å². The molecule has 1 unspecified atom stereocenters. The molecule has 0 amide bonds. The van der Waals surface area contributed by atoms with Crippen molar-refractivity contribution in [2.75, 3.05) is 0 Å². The summed E-state index contributed by atoms with van der Waals surface area (Å²) in [5.41, 5.74) is 1.89. The third-order valence-electron chi connectivity index (χ3n) is 10.7. The summed E-state index contributed by atoms with van der Waals surface area (Å²) >= 11 is 6.69. The van der Waals surface area contributed by atoms with Crippen LogP contribution < -0.4 is 0 Å². The van der Waals surface area contributed by atoms with Crippen molar-refractivity contribution in [2.45, 2.75) is 97.0 Å². The zero-order chi connectivity index (χ0) is 36.2. The fraction of sp³-hybridized carbons (Fsp3) is 0.432. The predicted molar refractivity (Wildman–Crippen MR) is 213 cm³/mol. The van der Waals surface area contributed by atoms with E-state index in [0.717, 1.165) is 57.4 Å². The van der Waals surface area contributed by atoms with Crippen molar-refractivity contribution in [3.05, 3.63) is 117 Å². The molecule has 6 rings (SSSR count). The van der Waals surface area contributed by atoms with Crippen LogP contribution in [0.3, 0.4) is 0 Å². The van der Waals surface area contributed by atoms with E-state index in [4.69, 9.17) is 0 Å². The average molecular weight is 811 g/mol. The summed E-state index contributed by atoms with van der Waals surface area (Å²) in [6.07, 6.45) is 14.6. The molecule has 2 saturated carbocycles. The minimum atomic E-state index is -0.966. The predicted octanol–water partition coefficient (Wildman–Crippen LogP) is 14.0. The van der Waals surface area contributed by atoms with Gasteiger partial charge in [0.25, 0.3) is 0 Å². The second-order valence-corrected chi connectivity index (χ2v) is 15.9. The summed E-state index contributed by atoms with van der Waals surface area (Å²) in [4.78, 5) is 10.5. The molecule has 268 valence electrons. The number of rotatable bonds is 9. The van der Waals surface area contributed by atoms with Gasteiger partial charge in [-0.1, -0.05) is 133 Å². The van der Waals surface area contributed by atoms with Crippen LogP contribution in [0.15, 0.2) is 100.0 Å². The van der Waals surface area contributed by atoms with Gasteiger partial charge in [-0.15, -0.1) is 0 Å². The number of aliphatic hydroxyl groups excluding tert-OH is 1. The Kier molecular flexibility index (Phi) is 15.9. The van der Waals surface area contributed by atoms with Gasteiger partial charge in [-0.2, -0.15) is 0 Å². The number of benzene rings is 4. The Morgan fingerprint density at radius 1 is 0.780 bits per heavy atom. The maximum Gasteiger partial charge on any atom is 0.145 e. The normalized spacial score (nSPS) is 20.9. The molecule has 1 N–H and O–H groups in total. The number of hydrogen-bond donors (Lipinski definition) is 1. The van der Waals surface area contributed by atoms with E-state index in [1.54, 1.807) is 12.1 Å². The number of hydrogen-bond acceptors (Lipinski definition) is 2. The van der Waals surface area contributed by atoms with Crippen molar-refractivity contribution >= 4 is 59.7 Å². The first kappa shape index (κ1) is 40.1. The third-order valence-corrected chi connectivity index (χ3v) is 11.8. The fourth-order valence-corrected chi connectivity index (χ4v) is 8.82. The summed E-state index contributed by atoms with van der Waals surface area (Å²) in [5, 5.41) is 13.8. The molecule has 0 aliphatic heterocycles. The first-order valence-electron chi connectivity index (χ1n) is 18.3. The van der Waals surface area contributed by atoms with E-state index in [1.807, 2.05) is 48.5 Å². The lowest BCUT2D eigenvalue weighted by Crippen LogP contribution is -2.19. The van der Waals surface area contributed by atoms with Gasteiger partial charge in [0.1, 0.15) is 24.0 Å². The van der Waals surface area contributed by atoms with Crippen LogP contribution in [-0.2, 0) is 4.79 Å². The lowest BCUT2D eigenvalue weighted by molar-refractivity contribution is -0.105. The minimum Gasteiger partial charge on any atom is -0.384 e. The molecule has 50 heavy (non-hydrogen) atoms. The second-order valence-electron chi connectivity index (χ2n) is 14.1. The molecule has 0 aromatic heterocycles. The lowest BCUT2D eigenvalue weighted by atomic mass is 9.75. The van der Waals surface area contributed by atoms with Crippen LogP contribution >= 0.6 is 31.9 Å².